The summed E-state index contributed by atoms with van der Waals surface area (Å²) in [5.74, 6) is -1.11. The van der Waals surface area contributed by atoms with Crippen LogP contribution in [-0.4, -0.2) is 29.4 Å². The van der Waals surface area contributed by atoms with Gasteiger partial charge in [0.1, 0.15) is 5.54 Å². The van der Waals surface area contributed by atoms with Gasteiger partial charge in [-0.1, -0.05) is 60.2 Å². The van der Waals surface area contributed by atoms with Gasteiger partial charge in [0, 0.05) is 19.4 Å². The van der Waals surface area contributed by atoms with Crippen LogP contribution in [0, 0.1) is 13.8 Å². The number of carbonyl (C=O) groups excluding carboxylic acids is 3. The number of esters is 1. The molecule has 3 rings (SSSR count). The minimum atomic E-state index is -1.09. The highest BCUT2D eigenvalue weighted by Crippen LogP contribution is 2.15. The zero-order valence-corrected chi connectivity index (χ0v) is 18.0. The first-order valence-electron chi connectivity index (χ1n) is 10.0. The summed E-state index contributed by atoms with van der Waals surface area (Å²) in [6.07, 6.45) is -0.213. The Hall–Kier alpha value is -3.15. The monoisotopic (exact) mass is 410 g/mol. The lowest BCUT2D eigenvalue weighted by molar-refractivity contribution is -0.149. The zero-order valence-electron chi connectivity index (χ0n) is 18.0. The predicted molar refractivity (Wildman–Crippen MR) is 116 cm³/mol. The van der Waals surface area contributed by atoms with Crippen molar-refractivity contribution in [3.8, 4) is 0 Å². The second-order valence-electron chi connectivity index (χ2n) is 7.90. The molecule has 2 aromatic rings. The molecule has 0 spiro atoms. The van der Waals surface area contributed by atoms with Gasteiger partial charge in [-0.15, -0.1) is 0 Å². The van der Waals surface area contributed by atoms with Gasteiger partial charge in [-0.2, -0.15) is 0 Å². The fourth-order valence-electron chi connectivity index (χ4n) is 2.89. The van der Waals surface area contributed by atoms with Crippen LogP contribution in [0.3, 0.4) is 0 Å². The van der Waals surface area contributed by atoms with Crippen LogP contribution in [0.2, 0.25) is 0 Å². The average molecular weight is 411 g/mol. The lowest BCUT2D eigenvalue weighted by Gasteiger charge is -2.26. The molecule has 2 aromatic carbocycles. The third-order valence-electron chi connectivity index (χ3n) is 4.82. The normalized spacial score (nSPS) is 15.5. The number of hydrogen-bond donors (Lipinski definition) is 2. The number of cyclic esters (lactones) is 1. The molecule has 0 radical (unpaired) electrons. The molecule has 2 amide bonds. The largest absolute Gasteiger partial charge is 0.452 e. The van der Waals surface area contributed by atoms with Crippen LogP contribution in [0.25, 0.3) is 0 Å². The fourth-order valence-corrected chi connectivity index (χ4v) is 2.89. The van der Waals surface area contributed by atoms with E-state index in [0.717, 1.165) is 11.1 Å². The maximum absolute atomic E-state index is 12.3. The SMILES string of the molecule is Cc1ccccc1.Cc1ccccc1CNC(=O)C(C)(C)NC(=O)C1CCC(=O)O1. The predicted octanol–water partition coefficient (Wildman–Crippen LogP) is 3.21. The molecule has 0 aliphatic carbocycles. The van der Waals surface area contributed by atoms with Crippen LogP contribution in [0.1, 0.15) is 43.4 Å². The molecule has 1 atom stereocenters. The zero-order chi connectivity index (χ0) is 22.1. The van der Waals surface area contributed by atoms with E-state index in [2.05, 4.69) is 29.7 Å². The van der Waals surface area contributed by atoms with Crippen molar-refractivity contribution in [2.24, 2.45) is 0 Å². The van der Waals surface area contributed by atoms with E-state index in [1.165, 1.54) is 5.56 Å². The number of hydrogen-bond acceptors (Lipinski definition) is 4. The molecule has 1 unspecified atom stereocenters. The Balaban J connectivity index is 0.000000386. The van der Waals surface area contributed by atoms with Gasteiger partial charge in [-0.3, -0.25) is 14.4 Å². The summed E-state index contributed by atoms with van der Waals surface area (Å²) in [6, 6.07) is 18.0. The molecule has 1 aliphatic heterocycles. The minimum absolute atomic E-state index is 0.234. The molecule has 0 saturated carbocycles. The highest BCUT2D eigenvalue weighted by Gasteiger charge is 2.36. The van der Waals surface area contributed by atoms with Gasteiger partial charge in [-0.05, 0) is 38.8 Å². The van der Waals surface area contributed by atoms with Gasteiger partial charge in [0.25, 0.3) is 5.91 Å². The Morgan fingerprint density at radius 1 is 1.03 bits per heavy atom. The quantitative estimate of drug-likeness (QED) is 0.742. The van der Waals surface area contributed by atoms with Crippen molar-refractivity contribution in [2.75, 3.05) is 0 Å². The second-order valence-corrected chi connectivity index (χ2v) is 7.90. The van der Waals surface area contributed by atoms with Crippen LogP contribution in [0.4, 0.5) is 0 Å². The number of ether oxygens (including phenoxy) is 1. The summed E-state index contributed by atoms with van der Waals surface area (Å²) in [5.41, 5.74) is 2.34. The first-order valence-corrected chi connectivity index (χ1v) is 10.0. The van der Waals surface area contributed by atoms with Crippen LogP contribution in [-0.2, 0) is 25.7 Å². The molecule has 1 saturated heterocycles. The van der Waals surface area contributed by atoms with Crippen molar-refractivity contribution < 1.29 is 19.1 Å². The van der Waals surface area contributed by atoms with E-state index in [1.807, 2.05) is 49.4 Å². The van der Waals surface area contributed by atoms with E-state index in [9.17, 15) is 14.4 Å². The summed E-state index contributed by atoms with van der Waals surface area (Å²) in [4.78, 5) is 35.5. The van der Waals surface area contributed by atoms with Crippen molar-refractivity contribution in [1.82, 2.24) is 10.6 Å². The van der Waals surface area contributed by atoms with E-state index >= 15 is 0 Å². The third-order valence-corrected chi connectivity index (χ3v) is 4.82. The highest BCUT2D eigenvalue weighted by atomic mass is 16.6. The molecule has 1 fully saturated rings. The molecule has 6 nitrogen and oxygen atoms in total. The molecule has 0 aromatic heterocycles. The molecule has 30 heavy (non-hydrogen) atoms. The number of carbonyl (C=O) groups is 3. The summed E-state index contributed by atoms with van der Waals surface area (Å²) < 4.78 is 4.91. The van der Waals surface area contributed by atoms with E-state index < -0.39 is 17.6 Å². The van der Waals surface area contributed by atoms with Crippen LogP contribution in [0.15, 0.2) is 54.6 Å². The van der Waals surface area contributed by atoms with E-state index in [0.29, 0.717) is 13.0 Å². The van der Waals surface area contributed by atoms with Crippen LogP contribution >= 0.6 is 0 Å². The maximum atomic E-state index is 12.3. The summed E-state index contributed by atoms with van der Waals surface area (Å²) in [5, 5.41) is 5.46. The van der Waals surface area contributed by atoms with Crippen molar-refractivity contribution >= 4 is 17.8 Å². The van der Waals surface area contributed by atoms with Gasteiger partial charge in [0.2, 0.25) is 5.91 Å². The van der Waals surface area contributed by atoms with E-state index in [1.54, 1.807) is 13.8 Å². The molecular weight excluding hydrogens is 380 g/mol. The molecule has 2 N–H and O–H groups in total. The molecule has 1 heterocycles. The first kappa shape index (κ1) is 23.1. The fraction of sp³-hybridized carbons (Fsp3) is 0.375. The Morgan fingerprint density at radius 2 is 1.67 bits per heavy atom. The standard InChI is InChI=1S/C17H22N2O4.C7H8/c1-11-6-4-5-7-12(11)10-18-16(22)17(2,3)19-15(21)13-8-9-14(20)23-13;1-7-5-3-2-4-6-7/h4-7,13H,8-10H2,1-3H3,(H,18,22)(H,19,21);2-6H,1H3. The van der Waals surface area contributed by atoms with Gasteiger partial charge in [-0.25, -0.2) is 0 Å². The number of amides is 2. The molecule has 160 valence electrons. The molecule has 0 bridgehead atoms. The molecule has 1 aliphatic rings. The van der Waals surface area contributed by atoms with Gasteiger partial charge in [0.15, 0.2) is 6.10 Å². The lowest BCUT2D eigenvalue weighted by atomic mass is 10.0. The van der Waals surface area contributed by atoms with Crippen molar-refractivity contribution in [3.63, 3.8) is 0 Å². The van der Waals surface area contributed by atoms with Crippen molar-refractivity contribution in [1.29, 1.82) is 0 Å². The average Bonchev–Trinajstić information content (AvgIpc) is 3.14. The summed E-state index contributed by atoms with van der Waals surface area (Å²) >= 11 is 0. The van der Waals surface area contributed by atoms with Gasteiger partial charge < -0.3 is 15.4 Å². The van der Waals surface area contributed by atoms with Crippen molar-refractivity contribution in [2.45, 2.75) is 58.7 Å². The number of rotatable bonds is 5. The Bertz CT molecular complexity index is 878. The number of aryl methyl sites for hydroxylation is 2. The Kier molecular flexibility index (Phi) is 8.16. The van der Waals surface area contributed by atoms with Gasteiger partial charge in [0.05, 0.1) is 0 Å². The summed E-state index contributed by atoms with van der Waals surface area (Å²) in [7, 11) is 0. The third kappa shape index (κ3) is 7.03. The van der Waals surface area contributed by atoms with E-state index in [4.69, 9.17) is 4.74 Å². The van der Waals surface area contributed by atoms with Crippen molar-refractivity contribution in [3.05, 3.63) is 71.3 Å². The second kappa shape index (κ2) is 10.6. The minimum Gasteiger partial charge on any atom is -0.452 e. The first-order chi connectivity index (χ1) is 14.2. The van der Waals surface area contributed by atoms with E-state index in [-0.39, 0.29) is 18.3 Å². The smallest absolute Gasteiger partial charge is 0.306 e. The molecule has 6 heteroatoms. The van der Waals surface area contributed by atoms with Crippen LogP contribution < -0.4 is 10.6 Å². The number of nitrogens with one attached hydrogen (secondary N) is 2. The Labute approximate surface area is 178 Å². The van der Waals surface area contributed by atoms with Crippen LogP contribution in [0.5, 0.6) is 0 Å². The lowest BCUT2D eigenvalue weighted by Crippen LogP contribution is -2.56. The molecular formula is C24H30N2O4. The highest BCUT2D eigenvalue weighted by molar-refractivity contribution is 5.93. The number of benzene rings is 2. The Morgan fingerprint density at radius 3 is 2.20 bits per heavy atom. The summed E-state index contributed by atoms with van der Waals surface area (Å²) in [6.45, 7) is 7.69. The maximum Gasteiger partial charge on any atom is 0.306 e. The topological polar surface area (TPSA) is 84.5 Å². The van der Waals surface area contributed by atoms with Gasteiger partial charge >= 0.3 is 5.97 Å².